The van der Waals surface area contributed by atoms with E-state index in [0.717, 1.165) is 6.61 Å². The fraction of sp³-hybridized carbons (Fsp3) is 0.556. The number of esters is 1. The van der Waals surface area contributed by atoms with Crippen LogP contribution in [-0.2, 0) is 16.0 Å². The monoisotopic (exact) mass is 196 g/mol. The van der Waals surface area contributed by atoms with Gasteiger partial charge in [0.1, 0.15) is 6.10 Å². The van der Waals surface area contributed by atoms with Crippen LogP contribution < -0.4 is 0 Å². The molecule has 0 amide bonds. The van der Waals surface area contributed by atoms with Crippen LogP contribution in [0.2, 0.25) is 0 Å². The third kappa shape index (κ3) is 2.11. The first kappa shape index (κ1) is 9.21. The van der Waals surface area contributed by atoms with Gasteiger partial charge in [0, 0.05) is 6.20 Å². The van der Waals surface area contributed by atoms with E-state index in [4.69, 9.17) is 9.47 Å². The minimum atomic E-state index is -0.324. The van der Waals surface area contributed by atoms with E-state index in [2.05, 4.69) is 5.10 Å². The van der Waals surface area contributed by atoms with Crippen molar-refractivity contribution < 1.29 is 14.3 Å². The summed E-state index contributed by atoms with van der Waals surface area (Å²) >= 11 is 0. The molecule has 1 atom stereocenters. The minimum absolute atomic E-state index is 0.268. The van der Waals surface area contributed by atoms with Crippen LogP contribution in [0.1, 0.15) is 17.3 Å². The summed E-state index contributed by atoms with van der Waals surface area (Å²) < 4.78 is 11.6. The van der Waals surface area contributed by atoms with Crippen LogP contribution in [0.25, 0.3) is 0 Å². The minimum Gasteiger partial charge on any atom is -0.462 e. The van der Waals surface area contributed by atoms with Crippen LogP contribution in [0.15, 0.2) is 12.4 Å². The number of nitrogens with zero attached hydrogens (tertiary/aromatic N) is 2. The van der Waals surface area contributed by atoms with E-state index in [9.17, 15) is 4.79 Å². The number of hydrogen-bond acceptors (Lipinski definition) is 4. The summed E-state index contributed by atoms with van der Waals surface area (Å²) in [6.45, 7) is 3.66. The van der Waals surface area contributed by atoms with Crippen molar-refractivity contribution in [3.05, 3.63) is 18.0 Å². The smallest absolute Gasteiger partial charge is 0.341 e. The number of epoxide rings is 1. The van der Waals surface area contributed by atoms with Gasteiger partial charge >= 0.3 is 5.97 Å². The van der Waals surface area contributed by atoms with Crippen LogP contribution >= 0.6 is 0 Å². The van der Waals surface area contributed by atoms with E-state index in [1.807, 2.05) is 0 Å². The highest BCUT2D eigenvalue weighted by Crippen LogP contribution is 2.11. The largest absolute Gasteiger partial charge is 0.462 e. The maximum Gasteiger partial charge on any atom is 0.341 e. The number of aromatic nitrogens is 2. The number of carbonyl (C=O) groups excluding carboxylic acids is 1. The highest BCUT2D eigenvalue weighted by Gasteiger charge is 2.23. The molecule has 1 unspecified atom stereocenters. The fourth-order valence-electron chi connectivity index (χ4n) is 1.17. The zero-order valence-electron chi connectivity index (χ0n) is 7.97. The lowest BCUT2D eigenvalue weighted by molar-refractivity contribution is 0.0526. The Labute approximate surface area is 81.6 Å². The molecule has 1 aliphatic rings. The van der Waals surface area contributed by atoms with Crippen molar-refractivity contribution in [2.45, 2.75) is 19.6 Å². The predicted molar refractivity (Wildman–Crippen MR) is 47.9 cm³/mol. The number of hydrogen-bond donors (Lipinski definition) is 0. The molecule has 0 spiro atoms. The molecule has 0 aliphatic carbocycles. The van der Waals surface area contributed by atoms with E-state index >= 15 is 0 Å². The molecule has 0 N–H and O–H groups in total. The highest BCUT2D eigenvalue weighted by molar-refractivity contribution is 5.88. The topological polar surface area (TPSA) is 56.6 Å². The van der Waals surface area contributed by atoms with Gasteiger partial charge < -0.3 is 9.47 Å². The average molecular weight is 196 g/mol. The first-order valence-corrected chi connectivity index (χ1v) is 4.60. The third-order valence-electron chi connectivity index (χ3n) is 1.94. The van der Waals surface area contributed by atoms with E-state index in [-0.39, 0.29) is 12.1 Å². The molecule has 1 saturated heterocycles. The van der Waals surface area contributed by atoms with Crippen LogP contribution in [0.4, 0.5) is 0 Å². The molecule has 1 fully saturated rings. The van der Waals surface area contributed by atoms with E-state index in [1.165, 1.54) is 6.20 Å². The maximum absolute atomic E-state index is 11.3. The molecule has 2 rings (SSSR count). The molecule has 1 aliphatic heterocycles. The third-order valence-corrected chi connectivity index (χ3v) is 1.94. The average Bonchev–Trinajstić information content (AvgIpc) is 2.82. The van der Waals surface area contributed by atoms with Crippen LogP contribution in [-0.4, -0.2) is 35.1 Å². The zero-order valence-corrected chi connectivity index (χ0v) is 7.97. The van der Waals surface area contributed by atoms with E-state index < -0.39 is 0 Å². The molecular formula is C9H12N2O3. The summed E-state index contributed by atoms with van der Waals surface area (Å²) in [5.74, 6) is -0.324. The summed E-state index contributed by atoms with van der Waals surface area (Å²) in [6, 6.07) is 0. The zero-order chi connectivity index (χ0) is 9.97. The molecule has 0 radical (unpaired) electrons. The van der Waals surface area contributed by atoms with E-state index in [0.29, 0.717) is 18.7 Å². The van der Waals surface area contributed by atoms with Gasteiger partial charge in [-0.3, -0.25) is 4.68 Å². The van der Waals surface area contributed by atoms with Gasteiger partial charge in [0.15, 0.2) is 0 Å². The Kier molecular flexibility index (Phi) is 2.49. The molecule has 14 heavy (non-hydrogen) atoms. The Balaban J connectivity index is 1.97. The summed E-state index contributed by atoms with van der Waals surface area (Å²) in [5.41, 5.74) is 0.493. The summed E-state index contributed by atoms with van der Waals surface area (Å²) in [5, 5.41) is 4.04. The lowest BCUT2D eigenvalue weighted by Gasteiger charge is -1.97. The molecular weight excluding hydrogens is 184 g/mol. The number of carbonyl (C=O) groups is 1. The quantitative estimate of drug-likeness (QED) is 0.518. The second kappa shape index (κ2) is 3.79. The van der Waals surface area contributed by atoms with Gasteiger partial charge in [-0.25, -0.2) is 4.79 Å². The Morgan fingerprint density at radius 3 is 3.29 bits per heavy atom. The van der Waals surface area contributed by atoms with Gasteiger partial charge in [0.05, 0.1) is 31.5 Å². The maximum atomic E-state index is 11.3. The van der Waals surface area contributed by atoms with Crippen molar-refractivity contribution in [3.8, 4) is 0 Å². The SMILES string of the molecule is CCOC(=O)c1cnn(CC2CO2)c1. The van der Waals surface area contributed by atoms with Gasteiger partial charge in [-0.2, -0.15) is 5.10 Å². The van der Waals surface area contributed by atoms with Crippen LogP contribution in [0.3, 0.4) is 0 Å². The normalized spacial score (nSPS) is 19.4. The van der Waals surface area contributed by atoms with Crippen molar-refractivity contribution in [2.24, 2.45) is 0 Å². The fourth-order valence-corrected chi connectivity index (χ4v) is 1.17. The van der Waals surface area contributed by atoms with Gasteiger partial charge in [0.2, 0.25) is 0 Å². The van der Waals surface area contributed by atoms with Crippen LogP contribution in [0.5, 0.6) is 0 Å². The molecule has 5 heteroatoms. The lowest BCUT2D eigenvalue weighted by atomic mass is 10.4. The number of ether oxygens (including phenoxy) is 2. The molecule has 5 nitrogen and oxygen atoms in total. The van der Waals surface area contributed by atoms with Crippen LogP contribution in [0, 0.1) is 0 Å². The molecule has 76 valence electrons. The summed E-state index contributed by atoms with van der Waals surface area (Å²) in [7, 11) is 0. The van der Waals surface area contributed by atoms with Gasteiger partial charge in [-0.15, -0.1) is 0 Å². The molecule has 1 aromatic heterocycles. The lowest BCUT2D eigenvalue weighted by Crippen LogP contribution is -2.05. The molecule has 0 saturated carbocycles. The van der Waals surface area contributed by atoms with Crippen molar-refractivity contribution in [3.63, 3.8) is 0 Å². The second-order valence-corrected chi connectivity index (χ2v) is 3.13. The number of rotatable bonds is 4. The first-order chi connectivity index (χ1) is 6.79. The highest BCUT2D eigenvalue weighted by atomic mass is 16.6. The van der Waals surface area contributed by atoms with Crippen molar-refractivity contribution in [2.75, 3.05) is 13.2 Å². The summed E-state index contributed by atoms with van der Waals surface area (Å²) in [6.07, 6.45) is 3.46. The Bertz CT molecular complexity index is 331. The molecule has 0 bridgehead atoms. The molecule has 0 aromatic carbocycles. The first-order valence-electron chi connectivity index (χ1n) is 4.60. The van der Waals surface area contributed by atoms with Crippen molar-refractivity contribution in [1.82, 2.24) is 9.78 Å². The predicted octanol–water partition coefficient (Wildman–Crippen LogP) is 0.459. The Morgan fingerprint density at radius 2 is 2.64 bits per heavy atom. The Hall–Kier alpha value is -1.36. The van der Waals surface area contributed by atoms with Gasteiger partial charge in [0.25, 0.3) is 0 Å². The second-order valence-electron chi connectivity index (χ2n) is 3.13. The van der Waals surface area contributed by atoms with Crippen molar-refractivity contribution in [1.29, 1.82) is 0 Å². The standard InChI is InChI=1S/C9H12N2O3/c1-2-13-9(12)7-3-10-11(4-7)5-8-6-14-8/h3-4,8H,2,5-6H2,1H3. The summed E-state index contributed by atoms with van der Waals surface area (Å²) in [4.78, 5) is 11.3. The molecule has 2 heterocycles. The Morgan fingerprint density at radius 1 is 1.86 bits per heavy atom. The van der Waals surface area contributed by atoms with Crippen molar-refractivity contribution >= 4 is 5.97 Å². The van der Waals surface area contributed by atoms with Gasteiger partial charge in [-0.05, 0) is 6.92 Å². The van der Waals surface area contributed by atoms with E-state index in [1.54, 1.807) is 17.8 Å². The molecule has 1 aromatic rings. The van der Waals surface area contributed by atoms with Gasteiger partial charge in [-0.1, -0.05) is 0 Å².